The number of aromatic nitrogens is 2. The van der Waals surface area contributed by atoms with Gasteiger partial charge in [0.2, 0.25) is 0 Å². The standard InChI is InChI=1S/C13H16N4/c14-7-10-3-2-6-17(10)13-5-1-4-12-11(13)8-15-9-16-12/h1,4-5,8-10H,2-3,6-7,14H2. The van der Waals surface area contributed by atoms with Gasteiger partial charge in [-0.2, -0.15) is 0 Å². The SMILES string of the molecule is NCC1CCCN1c1cccc2ncncc12. The van der Waals surface area contributed by atoms with E-state index in [2.05, 4.69) is 27.0 Å². The molecule has 2 heterocycles. The van der Waals surface area contributed by atoms with Crippen molar-refractivity contribution in [3.05, 3.63) is 30.7 Å². The zero-order valence-electron chi connectivity index (χ0n) is 9.71. The lowest BCUT2D eigenvalue weighted by Crippen LogP contribution is -2.35. The Morgan fingerprint density at radius 3 is 3.24 bits per heavy atom. The van der Waals surface area contributed by atoms with Crippen LogP contribution in [0.1, 0.15) is 12.8 Å². The van der Waals surface area contributed by atoms with Crippen LogP contribution in [0.25, 0.3) is 10.9 Å². The van der Waals surface area contributed by atoms with E-state index in [1.807, 2.05) is 12.3 Å². The van der Waals surface area contributed by atoms with Crippen molar-refractivity contribution in [2.45, 2.75) is 18.9 Å². The van der Waals surface area contributed by atoms with E-state index in [4.69, 9.17) is 5.73 Å². The van der Waals surface area contributed by atoms with E-state index in [1.165, 1.54) is 18.5 Å². The summed E-state index contributed by atoms with van der Waals surface area (Å²) in [5, 5.41) is 1.12. The van der Waals surface area contributed by atoms with Gasteiger partial charge in [-0.25, -0.2) is 9.97 Å². The first-order valence-corrected chi connectivity index (χ1v) is 6.05. The Labute approximate surface area is 100 Å². The Kier molecular flexibility index (Phi) is 2.65. The minimum absolute atomic E-state index is 0.459. The molecule has 0 bridgehead atoms. The van der Waals surface area contributed by atoms with Gasteiger partial charge in [0, 0.05) is 36.4 Å². The number of hydrogen-bond donors (Lipinski definition) is 1. The van der Waals surface area contributed by atoms with E-state index in [-0.39, 0.29) is 0 Å². The lowest BCUT2D eigenvalue weighted by atomic mass is 10.1. The third-order valence-corrected chi connectivity index (χ3v) is 3.49. The predicted octanol–water partition coefficient (Wildman–Crippen LogP) is 1.56. The summed E-state index contributed by atoms with van der Waals surface area (Å²) in [6.45, 7) is 1.79. The molecule has 1 aliphatic rings. The number of anilines is 1. The predicted molar refractivity (Wildman–Crippen MR) is 69.0 cm³/mol. The van der Waals surface area contributed by atoms with Crippen LogP contribution in [-0.2, 0) is 0 Å². The number of benzene rings is 1. The minimum Gasteiger partial charge on any atom is -0.367 e. The number of rotatable bonds is 2. The molecule has 1 aromatic heterocycles. The summed E-state index contributed by atoms with van der Waals surface area (Å²) in [4.78, 5) is 10.8. The van der Waals surface area contributed by atoms with Gasteiger partial charge in [-0.15, -0.1) is 0 Å². The van der Waals surface area contributed by atoms with E-state index in [0.717, 1.165) is 17.4 Å². The number of hydrogen-bond acceptors (Lipinski definition) is 4. The highest BCUT2D eigenvalue weighted by molar-refractivity contribution is 5.91. The Bertz CT molecular complexity index is 520. The van der Waals surface area contributed by atoms with Crippen molar-refractivity contribution in [3.8, 4) is 0 Å². The Morgan fingerprint density at radius 1 is 1.41 bits per heavy atom. The third kappa shape index (κ3) is 1.74. The van der Waals surface area contributed by atoms with Gasteiger partial charge in [-0.3, -0.25) is 0 Å². The molecule has 1 aliphatic heterocycles. The van der Waals surface area contributed by atoms with Crippen LogP contribution in [-0.4, -0.2) is 29.1 Å². The quantitative estimate of drug-likeness (QED) is 0.847. The molecule has 2 aromatic rings. The summed E-state index contributed by atoms with van der Waals surface area (Å²) in [5.41, 5.74) is 8.05. The number of nitrogens with two attached hydrogens (primary N) is 1. The minimum atomic E-state index is 0.459. The highest BCUT2D eigenvalue weighted by Gasteiger charge is 2.24. The molecule has 88 valence electrons. The summed E-state index contributed by atoms with van der Waals surface area (Å²) >= 11 is 0. The zero-order valence-corrected chi connectivity index (χ0v) is 9.71. The van der Waals surface area contributed by atoms with Gasteiger partial charge in [0.25, 0.3) is 0 Å². The van der Waals surface area contributed by atoms with Crippen molar-refractivity contribution >= 4 is 16.6 Å². The maximum atomic E-state index is 5.83. The third-order valence-electron chi connectivity index (χ3n) is 3.49. The first-order valence-electron chi connectivity index (χ1n) is 6.05. The Morgan fingerprint density at radius 2 is 2.35 bits per heavy atom. The van der Waals surface area contributed by atoms with Gasteiger partial charge in [-0.1, -0.05) is 6.07 Å². The molecule has 1 aromatic carbocycles. The van der Waals surface area contributed by atoms with Crippen molar-refractivity contribution in [1.82, 2.24) is 9.97 Å². The second kappa shape index (κ2) is 4.30. The van der Waals surface area contributed by atoms with Crippen LogP contribution in [0.5, 0.6) is 0 Å². The number of fused-ring (bicyclic) bond motifs is 1. The summed E-state index contributed by atoms with van der Waals surface area (Å²) in [5.74, 6) is 0. The normalized spacial score (nSPS) is 20.1. The molecule has 1 fully saturated rings. The van der Waals surface area contributed by atoms with Crippen molar-refractivity contribution in [3.63, 3.8) is 0 Å². The van der Waals surface area contributed by atoms with Crippen molar-refractivity contribution < 1.29 is 0 Å². The van der Waals surface area contributed by atoms with Crippen molar-refractivity contribution in [1.29, 1.82) is 0 Å². The summed E-state index contributed by atoms with van der Waals surface area (Å²) < 4.78 is 0. The van der Waals surface area contributed by atoms with E-state index in [0.29, 0.717) is 12.6 Å². The van der Waals surface area contributed by atoms with Crippen LogP contribution in [0.3, 0.4) is 0 Å². The van der Waals surface area contributed by atoms with Gasteiger partial charge in [-0.05, 0) is 25.0 Å². The topological polar surface area (TPSA) is 55.0 Å². The van der Waals surface area contributed by atoms with Crippen LogP contribution in [0.15, 0.2) is 30.7 Å². The molecule has 1 saturated heterocycles. The van der Waals surface area contributed by atoms with E-state index < -0.39 is 0 Å². The maximum Gasteiger partial charge on any atom is 0.116 e. The van der Waals surface area contributed by atoms with Gasteiger partial charge in [0.15, 0.2) is 0 Å². The van der Waals surface area contributed by atoms with Crippen molar-refractivity contribution in [2.24, 2.45) is 5.73 Å². The Balaban J connectivity index is 2.10. The molecule has 4 heteroatoms. The molecule has 0 saturated carbocycles. The molecular formula is C13H16N4. The smallest absolute Gasteiger partial charge is 0.116 e. The second-order valence-corrected chi connectivity index (χ2v) is 4.46. The summed E-state index contributed by atoms with van der Waals surface area (Å²) in [6, 6.07) is 6.67. The fourth-order valence-electron chi connectivity index (χ4n) is 2.64. The second-order valence-electron chi connectivity index (χ2n) is 4.46. The maximum absolute atomic E-state index is 5.83. The van der Waals surface area contributed by atoms with Gasteiger partial charge in [0.1, 0.15) is 6.33 Å². The highest BCUT2D eigenvalue weighted by Crippen LogP contribution is 2.30. The molecule has 1 atom stereocenters. The molecular weight excluding hydrogens is 212 g/mol. The fourth-order valence-corrected chi connectivity index (χ4v) is 2.64. The van der Waals surface area contributed by atoms with Crippen LogP contribution >= 0.6 is 0 Å². The fraction of sp³-hybridized carbons (Fsp3) is 0.385. The lowest BCUT2D eigenvalue weighted by molar-refractivity contribution is 0.678. The molecule has 4 nitrogen and oxygen atoms in total. The molecule has 3 rings (SSSR count). The lowest BCUT2D eigenvalue weighted by Gasteiger charge is -2.26. The van der Waals surface area contributed by atoms with E-state index in [1.54, 1.807) is 6.33 Å². The van der Waals surface area contributed by atoms with Crippen LogP contribution in [0, 0.1) is 0 Å². The van der Waals surface area contributed by atoms with E-state index >= 15 is 0 Å². The Hall–Kier alpha value is -1.68. The zero-order chi connectivity index (χ0) is 11.7. The van der Waals surface area contributed by atoms with Gasteiger partial charge >= 0.3 is 0 Å². The molecule has 0 aliphatic carbocycles. The van der Waals surface area contributed by atoms with Gasteiger partial charge < -0.3 is 10.6 Å². The number of nitrogens with zero attached hydrogens (tertiary/aromatic N) is 3. The first kappa shape index (κ1) is 10.5. The summed E-state index contributed by atoms with van der Waals surface area (Å²) in [7, 11) is 0. The van der Waals surface area contributed by atoms with Crippen LogP contribution in [0.2, 0.25) is 0 Å². The molecule has 0 amide bonds. The molecule has 1 unspecified atom stereocenters. The average molecular weight is 228 g/mol. The van der Waals surface area contributed by atoms with Crippen LogP contribution in [0.4, 0.5) is 5.69 Å². The van der Waals surface area contributed by atoms with Crippen LogP contribution < -0.4 is 10.6 Å². The monoisotopic (exact) mass is 228 g/mol. The first-order chi connectivity index (χ1) is 8.40. The van der Waals surface area contributed by atoms with Gasteiger partial charge in [0.05, 0.1) is 5.52 Å². The average Bonchev–Trinajstić information content (AvgIpc) is 2.86. The molecule has 0 spiro atoms. The van der Waals surface area contributed by atoms with Crippen molar-refractivity contribution in [2.75, 3.05) is 18.0 Å². The largest absolute Gasteiger partial charge is 0.367 e. The summed E-state index contributed by atoms with van der Waals surface area (Å²) in [6.07, 6.45) is 5.88. The molecule has 17 heavy (non-hydrogen) atoms. The molecule has 2 N–H and O–H groups in total. The highest BCUT2D eigenvalue weighted by atomic mass is 15.2. The van der Waals surface area contributed by atoms with E-state index in [9.17, 15) is 0 Å². The molecule has 0 radical (unpaired) electrons.